The number of benzene rings is 3. The van der Waals surface area contributed by atoms with Crippen molar-refractivity contribution in [3.63, 3.8) is 0 Å². The molecule has 0 aliphatic heterocycles. The summed E-state index contributed by atoms with van der Waals surface area (Å²) in [6, 6.07) is 22.3. The first-order valence-corrected chi connectivity index (χ1v) is 7.37. The molecule has 0 unspecified atom stereocenters. The Bertz CT molecular complexity index is 781. The number of fused-ring (bicyclic) bond motifs is 1. The maximum absolute atomic E-state index is 12.6. The first-order valence-electron chi connectivity index (χ1n) is 7.37. The van der Waals surface area contributed by atoms with Gasteiger partial charge in [0.1, 0.15) is 0 Å². The van der Waals surface area contributed by atoms with Gasteiger partial charge in [0.05, 0.1) is 0 Å². The van der Waals surface area contributed by atoms with Gasteiger partial charge < -0.3 is 0 Å². The standard InChI is InChI=1S/C20H18O/c1-2-15-8-3-6-13-19(15)20(21)14-17-11-7-10-16-9-4-5-12-18(16)17/h3-13H,2,14H2,1H3. The molecule has 3 aromatic rings. The monoisotopic (exact) mass is 274 g/mol. The van der Waals surface area contributed by atoms with E-state index in [0.717, 1.165) is 23.1 Å². The molecule has 0 aliphatic rings. The molecule has 3 aromatic carbocycles. The van der Waals surface area contributed by atoms with Crippen molar-refractivity contribution in [3.8, 4) is 0 Å². The highest BCUT2D eigenvalue weighted by molar-refractivity contribution is 6.01. The van der Waals surface area contributed by atoms with E-state index in [1.165, 1.54) is 10.8 Å². The van der Waals surface area contributed by atoms with Crippen LogP contribution in [0.15, 0.2) is 66.7 Å². The smallest absolute Gasteiger partial charge is 0.167 e. The van der Waals surface area contributed by atoms with Gasteiger partial charge in [0.15, 0.2) is 5.78 Å². The molecule has 0 aromatic heterocycles. The Morgan fingerprint density at radius 2 is 1.48 bits per heavy atom. The minimum Gasteiger partial charge on any atom is -0.294 e. The number of hydrogen-bond donors (Lipinski definition) is 0. The van der Waals surface area contributed by atoms with Crippen LogP contribution in [-0.2, 0) is 12.8 Å². The first-order chi connectivity index (χ1) is 10.3. The van der Waals surface area contributed by atoms with Gasteiger partial charge >= 0.3 is 0 Å². The van der Waals surface area contributed by atoms with E-state index in [1.54, 1.807) is 0 Å². The quantitative estimate of drug-likeness (QED) is 0.623. The molecule has 0 saturated heterocycles. The lowest BCUT2D eigenvalue weighted by Gasteiger charge is -2.09. The van der Waals surface area contributed by atoms with E-state index in [4.69, 9.17) is 0 Å². The van der Waals surface area contributed by atoms with E-state index < -0.39 is 0 Å². The summed E-state index contributed by atoms with van der Waals surface area (Å²) in [5, 5.41) is 2.36. The predicted octanol–water partition coefficient (Wildman–Crippen LogP) is 4.83. The molecule has 0 spiro atoms. The van der Waals surface area contributed by atoms with Gasteiger partial charge in [0, 0.05) is 12.0 Å². The Balaban J connectivity index is 1.97. The summed E-state index contributed by atoms with van der Waals surface area (Å²) in [5.41, 5.74) is 3.08. The SMILES string of the molecule is CCc1ccccc1C(=O)Cc1cccc2ccccc12. The maximum atomic E-state index is 12.6. The van der Waals surface area contributed by atoms with Crippen molar-refractivity contribution in [2.75, 3.05) is 0 Å². The number of aryl methyl sites for hydroxylation is 1. The first kappa shape index (κ1) is 13.6. The average molecular weight is 274 g/mol. The number of Topliss-reactive ketones (excluding diaryl/α,β-unsaturated/α-hetero) is 1. The Morgan fingerprint density at radius 1 is 0.810 bits per heavy atom. The van der Waals surface area contributed by atoms with E-state index >= 15 is 0 Å². The third kappa shape index (κ3) is 2.73. The highest BCUT2D eigenvalue weighted by atomic mass is 16.1. The normalized spacial score (nSPS) is 10.7. The number of hydrogen-bond acceptors (Lipinski definition) is 1. The summed E-state index contributed by atoms with van der Waals surface area (Å²) in [5.74, 6) is 0.198. The van der Waals surface area contributed by atoms with Crippen molar-refractivity contribution in [2.24, 2.45) is 0 Å². The second-order valence-corrected chi connectivity index (χ2v) is 5.25. The van der Waals surface area contributed by atoms with Crippen LogP contribution in [0, 0.1) is 0 Å². The fraction of sp³-hybridized carbons (Fsp3) is 0.150. The third-order valence-corrected chi connectivity index (χ3v) is 3.93. The van der Waals surface area contributed by atoms with Crippen LogP contribution in [0.2, 0.25) is 0 Å². The molecule has 0 atom stereocenters. The molecular formula is C20H18O. The molecule has 0 bridgehead atoms. The summed E-state index contributed by atoms with van der Waals surface area (Å²) in [6.45, 7) is 2.09. The van der Waals surface area contributed by atoms with Crippen LogP contribution in [0.5, 0.6) is 0 Å². The number of carbonyl (C=O) groups excluding carboxylic acids is 1. The second-order valence-electron chi connectivity index (χ2n) is 5.25. The number of rotatable bonds is 4. The lowest BCUT2D eigenvalue weighted by molar-refractivity contribution is 0.0992. The van der Waals surface area contributed by atoms with E-state index in [-0.39, 0.29) is 5.78 Å². The Morgan fingerprint density at radius 3 is 2.33 bits per heavy atom. The molecule has 1 nitrogen and oxygen atoms in total. The van der Waals surface area contributed by atoms with Crippen molar-refractivity contribution in [1.29, 1.82) is 0 Å². The van der Waals surface area contributed by atoms with E-state index in [1.807, 2.05) is 42.5 Å². The fourth-order valence-electron chi connectivity index (χ4n) is 2.82. The zero-order chi connectivity index (χ0) is 14.7. The largest absolute Gasteiger partial charge is 0.294 e. The summed E-state index contributed by atoms with van der Waals surface area (Å²) in [4.78, 5) is 12.6. The van der Waals surface area contributed by atoms with Crippen LogP contribution in [-0.4, -0.2) is 5.78 Å². The van der Waals surface area contributed by atoms with Crippen LogP contribution in [0.4, 0.5) is 0 Å². The summed E-state index contributed by atoms with van der Waals surface area (Å²) in [6.07, 6.45) is 1.34. The van der Waals surface area contributed by atoms with Gasteiger partial charge in [-0.25, -0.2) is 0 Å². The van der Waals surface area contributed by atoms with Crippen LogP contribution in [0.25, 0.3) is 10.8 Å². The van der Waals surface area contributed by atoms with Gasteiger partial charge in [-0.1, -0.05) is 73.7 Å². The highest BCUT2D eigenvalue weighted by Gasteiger charge is 2.12. The van der Waals surface area contributed by atoms with Crippen molar-refractivity contribution < 1.29 is 4.79 Å². The highest BCUT2D eigenvalue weighted by Crippen LogP contribution is 2.21. The molecular weight excluding hydrogens is 256 g/mol. The number of ketones is 1. The molecule has 1 heteroatoms. The molecule has 0 N–H and O–H groups in total. The lowest BCUT2D eigenvalue weighted by atomic mass is 9.95. The number of carbonyl (C=O) groups is 1. The molecule has 104 valence electrons. The van der Waals surface area contributed by atoms with Crippen molar-refractivity contribution in [2.45, 2.75) is 19.8 Å². The lowest BCUT2D eigenvalue weighted by Crippen LogP contribution is -2.07. The zero-order valence-electron chi connectivity index (χ0n) is 12.2. The summed E-state index contributed by atoms with van der Waals surface area (Å²) >= 11 is 0. The van der Waals surface area contributed by atoms with Gasteiger partial charge in [0.25, 0.3) is 0 Å². The molecule has 0 saturated carbocycles. The zero-order valence-corrected chi connectivity index (χ0v) is 12.2. The van der Waals surface area contributed by atoms with Gasteiger partial charge in [-0.2, -0.15) is 0 Å². The predicted molar refractivity (Wildman–Crippen MR) is 87.8 cm³/mol. The third-order valence-electron chi connectivity index (χ3n) is 3.93. The van der Waals surface area contributed by atoms with Gasteiger partial charge in [0.2, 0.25) is 0 Å². The van der Waals surface area contributed by atoms with Crippen molar-refractivity contribution in [1.82, 2.24) is 0 Å². The van der Waals surface area contributed by atoms with Crippen molar-refractivity contribution in [3.05, 3.63) is 83.4 Å². The Kier molecular flexibility index (Phi) is 3.83. The summed E-state index contributed by atoms with van der Waals surface area (Å²) < 4.78 is 0. The van der Waals surface area contributed by atoms with E-state index in [2.05, 4.69) is 31.2 Å². The van der Waals surface area contributed by atoms with E-state index in [9.17, 15) is 4.79 Å². The minimum absolute atomic E-state index is 0.198. The molecule has 0 amide bonds. The van der Waals surface area contributed by atoms with Crippen molar-refractivity contribution >= 4 is 16.6 Å². The maximum Gasteiger partial charge on any atom is 0.167 e. The van der Waals surface area contributed by atoms with Crippen LogP contribution >= 0.6 is 0 Å². The Labute approximate surface area is 125 Å². The molecule has 0 heterocycles. The van der Waals surface area contributed by atoms with E-state index in [0.29, 0.717) is 6.42 Å². The summed E-state index contributed by atoms with van der Waals surface area (Å²) in [7, 11) is 0. The van der Waals surface area contributed by atoms with Crippen LogP contribution < -0.4 is 0 Å². The molecule has 0 radical (unpaired) electrons. The van der Waals surface area contributed by atoms with Gasteiger partial charge in [-0.3, -0.25) is 4.79 Å². The minimum atomic E-state index is 0.198. The van der Waals surface area contributed by atoms with Crippen LogP contribution in [0.1, 0.15) is 28.4 Å². The topological polar surface area (TPSA) is 17.1 Å². The molecule has 0 aliphatic carbocycles. The van der Waals surface area contributed by atoms with Gasteiger partial charge in [-0.15, -0.1) is 0 Å². The second kappa shape index (κ2) is 5.92. The molecule has 3 rings (SSSR count). The van der Waals surface area contributed by atoms with Crippen LogP contribution in [0.3, 0.4) is 0 Å². The average Bonchev–Trinajstić information content (AvgIpc) is 2.55. The molecule has 0 fully saturated rings. The Hall–Kier alpha value is -2.41. The van der Waals surface area contributed by atoms with Gasteiger partial charge in [-0.05, 0) is 28.3 Å². The fourth-order valence-corrected chi connectivity index (χ4v) is 2.82. The molecule has 21 heavy (non-hydrogen) atoms.